The van der Waals surface area contributed by atoms with Crippen molar-refractivity contribution in [3.8, 4) is 11.6 Å². The quantitative estimate of drug-likeness (QED) is 0.284. The third-order valence-electron chi connectivity index (χ3n) is 6.98. The Morgan fingerprint density at radius 1 is 1.13 bits per heavy atom. The molecule has 5 aromatic rings. The fraction of sp³-hybridized carbons (Fsp3) is 0.250. The number of hydrogen-bond acceptors (Lipinski definition) is 6. The first kappa shape index (κ1) is 25.2. The van der Waals surface area contributed by atoms with E-state index in [4.69, 9.17) is 9.47 Å². The van der Waals surface area contributed by atoms with Gasteiger partial charge in [0.25, 0.3) is 0 Å². The van der Waals surface area contributed by atoms with Crippen molar-refractivity contribution in [2.75, 3.05) is 11.8 Å². The van der Waals surface area contributed by atoms with Gasteiger partial charge in [0, 0.05) is 31.5 Å². The monoisotopic (exact) mass is 546 g/mol. The molecule has 1 aliphatic rings. The number of aromatic nitrogens is 5. The first-order valence-electron chi connectivity index (χ1n) is 12.5. The Hall–Kier alpha value is -4.09. The highest BCUT2D eigenvalue weighted by atomic mass is 32.2. The molecule has 0 aliphatic heterocycles. The van der Waals surface area contributed by atoms with E-state index in [1.807, 2.05) is 43.4 Å². The van der Waals surface area contributed by atoms with E-state index >= 15 is 4.39 Å². The molecule has 1 unspecified atom stereocenters. The van der Waals surface area contributed by atoms with E-state index in [-0.39, 0.29) is 18.9 Å². The molecule has 1 N–H and O–H groups in total. The maximum atomic E-state index is 15.7. The Balaban J connectivity index is 1.15. The molecule has 39 heavy (non-hydrogen) atoms. The highest BCUT2D eigenvalue weighted by molar-refractivity contribution is 7.86. The van der Waals surface area contributed by atoms with Crippen molar-refractivity contribution in [1.29, 1.82) is 0 Å². The van der Waals surface area contributed by atoms with Crippen LogP contribution >= 0.6 is 0 Å². The Morgan fingerprint density at radius 2 is 1.95 bits per heavy atom. The summed E-state index contributed by atoms with van der Waals surface area (Å²) in [4.78, 5) is 4.78. The maximum Gasteiger partial charge on any atom is 0.153 e. The van der Waals surface area contributed by atoms with Crippen LogP contribution in [0.1, 0.15) is 24.0 Å². The summed E-state index contributed by atoms with van der Waals surface area (Å²) >= 11 is 0. The van der Waals surface area contributed by atoms with Crippen LogP contribution < -0.4 is 9.46 Å². The molecule has 3 heterocycles. The fourth-order valence-electron chi connectivity index (χ4n) is 4.82. The van der Waals surface area contributed by atoms with Crippen molar-refractivity contribution < 1.29 is 18.1 Å². The second-order valence-electron chi connectivity index (χ2n) is 9.54. The van der Waals surface area contributed by atoms with Crippen molar-refractivity contribution >= 4 is 27.6 Å². The van der Waals surface area contributed by atoms with E-state index in [9.17, 15) is 4.21 Å². The second kappa shape index (κ2) is 10.2. The van der Waals surface area contributed by atoms with Gasteiger partial charge in [0.1, 0.15) is 17.1 Å². The van der Waals surface area contributed by atoms with Gasteiger partial charge >= 0.3 is 0 Å². The number of ether oxygens (including phenoxy) is 2. The lowest BCUT2D eigenvalue weighted by Crippen LogP contribution is -2.42. The number of benzene rings is 2. The number of fused-ring (bicyclic) bond motifs is 1. The SMILES string of the molecule is COc1ccc2cnn(C)c2c1NS(=O)c1cnn(-c2cc(C3(F)CC(OCc4ccccc4)C3)ccn2)c1. The Morgan fingerprint density at radius 3 is 2.74 bits per heavy atom. The standard InChI is InChI=1S/C28H27FN6O3S/c1-34-27-20(15-31-34)8-9-24(37-2)26(27)33-39(36)23-16-32-35(17-23)25-12-21(10-11-30-25)28(29)13-22(14-28)38-18-19-6-4-3-5-7-19/h3-12,15-17,22,33H,13-14,18H2,1-2H3. The zero-order valence-corrected chi connectivity index (χ0v) is 22.3. The average molecular weight is 547 g/mol. The van der Waals surface area contributed by atoms with E-state index in [0.717, 1.165) is 16.5 Å². The zero-order valence-electron chi connectivity index (χ0n) is 21.5. The summed E-state index contributed by atoms with van der Waals surface area (Å²) in [6.45, 7) is 0.464. The number of alkyl halides is 1. The van der Waals surface area contributed by atoms with Gasteiger partial charge in [-0.3, -0.25) is 9.40 Å². The number of methoxy groups -OCH3 is 1. The Kier molecular flexibility index (Phi) is 6.61. The molecule has 11 heteroatoms. The third kappa shape index (κ3) is 4.90. The Labute approximate surface area is 227 Å². The van der Waals surface area contributed by atoms with Gasteiger partial charge in [-0.15, -0.1) is 0 Å². The summed E-state index contributed by atoms with van der Waals surface area (Å²) in [5.41, 5.74) is 1.43. The highest BCUT2D eigenvalue weighted by Gasteiger charge is 2.47. The van der Waals surface area contributed by atoms with Crippen LogP contribution in [-0.4, -0.2) is 42.0 Å². The van der Waals surface area contributed by atoms with Gasteiger partial charge in [0.2, 0.25) is 0 Å². The second-order valence-corrected chi connectivity index (χ2v) is 10.7. The van der Waals surface area contributed by atoms with Gasteiger partial charge in [0.15, 0.2) is 16.8 Å². The lowest BCUT2D eigenvalue weighted by Gasteiger charge is -2.41. The van der Waals surface area contributed by atoms with E-state index in [0.29, 0.717) is 34.3 Å². The minimum atomic E-state index is -1.66. The molecule has 0 saturated heterocycles. The molecule has 1 saturated carbocycles. The van der Waals surface area contributed by atoms with Crippen molar-refractivity contribution in [1.82, 2.24) is 24.5 Å². The molecule has 0 spiro atoms. The van der Waals surface area contributed by atoms with Crippen LogP contribution in [0.5, 0.6) is 5.75 Å². The molecule has 0 radical (unpaired) electrons. The van der Waals surface area contributed by atoms with Gasteiger partial charge in [-0.2, -0.15) is 10.2 Å². The maximum absolute atomic E-state index is 15.7. The topological polar surface area (TPSA) is 96.1 Å². The van der Waals surface area contributed by atoms with Crippen LogP contribution in [0.15, 0.2) is 84.3 Å². The summed E-state index contributed by atoms with van der Waals surface area (Å²) < 4.78 is 46.5. The van der Waals surface area contributed by atoms with Gasteiger partial charge in [-0.25, -0.2) is 18.3 Å². The minimum absolute atomic E-state index is 0.141. The van der Waals surface area contributed by atoms with E-state index in [1.165, 1.54) is 10.9 Å². The molecule has 1 fully saturated rings. The molecule has 1 aliphatic carbocycles. The molecule has 0 bridgehead atoms. The van der Waals surface area contributed by atoms with Crippen molar-refractivity contribution in [3.05, 3.63) is 90.5 Å². The fourth-order valence-corrected chi connectivity index (χ4v) is 5.66. The first-order valence-corrected chi connectivity index (χ1v) is 13.6. The molecule has 9 nitrogen and oxygen atoms in total. The van der Waals surface area contributed by atoms with Crippen molar-refractivity contribution in [2.24, 2.45) is 7.05 Å². The van der Waals surface area contributed by atoms with Gasteiger partial charge in [-0.1, -0.05) is 30.3 Å². The molecular weight excluding hydrogens is 519 g/mol. The normalized spacial score (nSPS) is 19.5. The molecule has 200 valence electrons. The van der Waals surface area contributed by atoms with Crippen molar-refractivity contribution in [2.45, 2.75) is 36.1 Å². The molecule has 0 amide bonds. The highest BCUT2D eigenvalue weighted by Crippen LogP contribution is 2.47. The predicted molar refractivity (Wildman–Crippen MR) is 146 cm³/mol. The number of anilines is 1. The van der Waals surface area contributed by atoms with Crippen molar-refractivity contribution in [3.63, 3.8) is 0 Å². The summed E-state index contributed by atoms with van der Waals surface area (Å²) in [7, 11) is 1.71. The van der Waals surface area contributed by atoms with Gasteiger partial charge < -0.3 is 9.47 Å². The smallest absolute Gasteiger partial charge is 0.153 e. The van der Waals surface area contributed by atoms with Crippen LogP contribution in [0.25, 0.3) is 16.7 Å². The summed E-state index contributed by atoms with van der Waals surface area (Å²) in [6, 6.07) is 16.9. The minimum Gasteiger partial charge on any atom is -0.494 e. The first-order chi connectivity index (χ1) is 18.9. The Bertz CT molecular complexity index is 1650. The van der Waals surface area contributed by atoms with Gasteiger partial charge in [0.05, 0.1) is 48.8 Å². The number of hydrogen-bond donors (Lipinski definition) is 1. The average Bonchev–Trinajstić information content (AvgIpc) is 3.59. The summed E-state index contributed by atoms with van der Waals surface area (Å²) in [5.74, 6) is 0.980. The molecule has 1 atom stereocenters. The number of halogens is 1. The van der Waals surface area contributed by atoms with Gasteiger partial charge in [-0.05, 0) is 35.4 Å². The van der Waals surface area contributed by atoms with E-state index < -0.39 is 16.7 Å². The number of aryl methyl sites for hydroxylation is 1. The van der Waals surface area contributed by atoms with Crippen LogP contribution in [0, 0.1) is 0 Å². The number of pyridine rings is 1. The van der Waals surface area contributed by atoms with E-state index in [1.54, 1.807) is 48.6 Å². The predicted octanol–water partition coefficient (Wildman–Crippen LogP) is 4.84. The lowest BCUT2D eigenvalue weighted by atomic mass is 9.74. The number of rotatable bonds is 9. The summed E-state index contributed by atoms with van der Waals surface area (Å²) in [5, 5.41) is 9.50. The summed E-state index contributed by atoms with van der Waals surface area (Å²) in [6.07, 6.45) is 6.83. The van der Waals surface area contributed by atoms with E-state index in [2.05, 4.69) is 19.9 Å². The lowest BCUT2D eigenvalue weighted by molar-refractivity contribution is -0.107. The molecule has 6 rings (SSSR count). The third-order valence-corrected chi connectivity index (χ3v) is 8.01. The van der Waals surface area contributed by atoms with Crippen LogP contribution in [0.3, 0.4) is 0 Å². The van der Waals surface area contributed by atoms with Crippen LogP contribution in [-0.2, 0) is 35.0 Å². The largest absolute Gasteiger partial charge is 0.494 e. The number of nitrogens with one attached hydrogen (secondary N) is 1. The van der Waals surface area contributed by atoms with Crippen LogP contribution in [0.4, 0.5) is 10.1 Å². The molecule has 2 aromatic carbocycles. The zero-order chi connectivity index (χ0) is 27.0. The van der Waals surface area contributed by atoms with Crippen LogP contribution in [0.2, 0.25) is 0 Å². The number of nitrogens with zero attached hydrogens (tertiary/aromatic N) is 5. The molecular formula is C28H27FN6O3S. The molecule has 3 aromatic heterocycles.